The van der Waals surface area contributed by atoms with Gasteiger partial charge in [-0.3, -0.25) is 4.79 Å². The summed E-state index contributed by atoms with van der Waals surface area (Å²) >= 11 is 0. The zero-order valence-electron chi connectivity index (χ0n) is 13.4. The minimum atomic E-state index is -0.184. The maximum absolute atomic E-state index is 12.0. The number of carbonyl (C=O) groups excluding carboxylic acids is 1. The van der Waals surface area contributed by atoms with Crippen LogP contribution in [-0.4, -0.2) is 17.1 Å². The SMILES string of the molecule is Cc1ccc2c(ccn2CC(=O)OCCCc2ccccc2)c1. The fourth-order valence-electron chi connectivity index (χ4n) is 2.75. The lowest BCUT2D eigenvalue weighted by Gasteiger charge is -2.07. The Labute approximate surface area is 136 Å². The molecule has 0 saturated carbocycles. The summed E-state index contributed by atoms with van der Waals surface area (Å²) in [7, 11) is 0. The number of esters is 1. The molecule has 0 aliphatic rings. The molecule has 0 aliphatic heterocycles. The average molecular weight is 307 g/mol. The second-order valence-electron chi connectivity index (χ2n) is 5.82. The second kappa shape index (κ2) is 7.14. The van der Waals surface area contributed by atoms with Gasteiger partial charge >= 0.3 is 5.97 Å². The number of nitrogens with zero attached hydrogens (tertiary/aromatic N) is 1. The number of carbonyl (C=O) groups is 1. The number of hydrogen-bond acceptors (Lipinski definition) is 2. The summed E-state index contributed by atoms with van der Waals surface area (Å²) in [6.45, 7) is 2.79. The third kappa shape index (κ3) is 4.01. The van der Waals surface area contributed by atoms with E-state index in [-0.39, 0.29) is 12.5 Å². The fraction of sp³-hybridized carbons (Fsp3) is 0.250. The monoisotopic (exact) mass is 307 g/mol. The van der Waals surface area contributed by atoms with E-state index in [0.29, 0.717) is 6.61 Å². The van der Waals surface area contributed by atoms with Gasteiger partial charge in [-0.25, -0.2) is 0 Å². The Morgan fingerprint density at radius 3 is 2.74 bits per heavy atom. The van der Waals surface area contributed by atoms with Crippen molar-refractivity contribution in [2.24, 2.45) is 0 Å². The molecule has 3 nitrogen and oxygen atoms in total. The highest BCUT2D eigenvalue weighted by Gasteiger charge is 2.07. The van der Waals surface area contributed by atoms with Gasteiger partial charge < -0.3 is 9.30 Å². The largest absolute Gasteiger partial charge is 0.464 e. The van der Waals surface area contributed by atoms with E-state index in [1.54, 1.807) is 0 Å². The Kier molecular flexibility index (Phi) is 4.77. The van der Waals surface area contributed by atoms with E-state index < -0.39 is 0 Å². The molecule has 0 fully saturated rings. The number of benzene rings is 2. The van der Waals surface area contributed by atoms with Crippen LogP contribution in [0.15, 0.2) is 60.8 Å². The molecule has 0 saturated heterocycles. The minimum absolute atomic E-state index is 0.184. The molecule has 0 atom stereocenters. The van der Waals surface area contributed by atoms with Crippen molar-refractivity contribution in [1.29, 1.82) is 0 Å². The molecule has 3 aromatic rings. The van der Waals surface area contributed by atoms with Crippen LogP contribution in [0, 0.1) is 6.92 Å². The van der Waals surface area contributed by atoms with Gasteiger partial charge in [-0.2, -0.15) is 0 Å². The van der Waals surface area contributed by atoms with Crippen molar-refractivity contribution in [3.63, 3.8) is 0 Å². The molecule has 0 spiro atoms. The van der Waals surface area contributed by atoms with Gasteiger partial charge in [-0.05, 0) is 48.9 Å². The van der Waals surface area contributed by atoms with Crippen LogP contribution >= 0.6 is 0 Å². The molecule has 0 unspecified atom stereocenters. The van der Waals surface area contributed by atoms with Crippen molar-refractivity contribution in [2.45, 2.75) is 26.3 Å². The highest BCUT2D eigenvalue weighted by atomic mass is 16.5. The Balaban J connectivity index is 1.49. The number of fused-ring (bicyclic) bond motifs is 1. The first-order valence-electron chi connectivity index (χ1n) is 7.97. The highest BCUT2D eigenvalue weighted by Crippen LogP contribution is 2.17. The van der Waals surface area contributed by atoms with Gasteiger partial charge in [-0.15, -0.1) is 0 Å². The van der Waals surface area contributed by atoms with E-state index >= 15 is 0 Å². The lowest BCUT2D eigenvalue weighted by atomic mass is 10.1. The number of aromatic nitrogens is 1. The Hall–Kier alpha value is -2.55. The zero-order valence-corrected chi connectivity index (χ0v) is 13.4. The lowest BCUT2D eigenvalue weighted by Crippen LogP contribution is -2.13. The zero-order chi connectivity index (χ0) is 16.1. The molecule has 0 bridgehead atoms. The van der Waals surface area contributed by atoms with Crippen molar-refractivity contribution in [2.75, 3.05) is 6.61 Å². The fourth-order valence-corrected chi connectivity index (χ4v) is 2.75. The quantitative estimate of drug-likeness (QED) is 0.506. The smallest absolute Gasteiger partial charge is 0.325 e. The molecule has 0 N–H and O–H groups in total. The van der Waals surface area contributed by atoms with Gasteiger partial charge in [0.2, 0.25) is 0 Å². The van der Waals surface area contributed by atoms with Gasteiger partial charge in [0, 0.05) is 11.7 Å². The molecule has 0 aliphatic carbocycles. The maximum atomic E-state index is 12.0. The topological polar surface area (TPSA) is 31.2 Å². The molecule has 1 aromatic heterocycles. The van der Waals surface area contributed by atoms with Gasteiger partial charge in [0.1, 0.15) is 6.54 Å². The summed E-state index contributed by atoms with van der Waals surface area (Å²) in [4.78, 5) is 12.0. The van der Waals surface area contributed by atoms with Crippen LogP contribution < -0.4 is 0 Å². The van der Waals surface area contributed by atoms with E-state index in [2.05, 4.69) is 31.2 Å². The summed E-state index contributed by atoms with van der Waals surface area (Å²) in [5.74, 6) is -0.184. The Morgan fingerprint density at radius 1 is 1.09 bits per heavy atom. The third-order valence-electron chi connectivity index (χ3n) is 3.94. The third-order valence-corrected chi connectivity index (χ3v) is 3.94. The summed E-state index contributed by atoms with van der Waals surface area (Å²) in [6, 6.07) is 18.5. The molecule has 23 heavy (non-hydrogen) atoms. The van der Waals surface area contributed by atoms with E-state index in [9.17, 15) is 4.79 Å². The first-order chi connectivity index (χ1) is 11.2. The number of hydrogen-bond donors (Lipinski definition) is 0. The van der Waals surface area contributed by atoms with Crippen LogP contribution in [-0.2, 0) is 22.5 Å². The van der Waals surface area contributed by atoms with Crippen LogP contribution in [0.25, 0.3) is 10.9 Å². The van der Waals surface area contributed by atoms with Gasteiger partial charge in [0.25, 0.3) is 0 Å². The number of rotatable bonds is 6. The van der Waals surface area contributed by atoms with Crippen LogP contribution in [0.2, 0.25) is 0 Å². The lowest BCUT2D eigenvalue weighted by molar-refractivity contribution is -0.144. The molecular weight excluding hydrogens is 286 g/mol. The molecule has 0 amide bonds. The summed E-state index contributed by atoms with van der Waals surface area (Å²) in [5, 5.41) is 1.15. The molecule has 1 heterocycles. The maximum Gasteiger partial charge on any atom is 0.325 e. The molecule has 2 aromatic carbocycles. The standard InChI is InChI=1S/C20H21NO2/c1-16-9-10-19-18(14-16)11-12-21(19)15-20(22)23-13-5-8-17-6-3-2-4-7-17/h2-4,6-7,9-12,14H,5,8,13,15H2,1H3. The van der Waals surface area contributed by atoms with E-state index in [4.69, 9.17) is 4.74 Å². The molecule has 3 heteroatoms. The summed E-state index contributed by atoms with van der Waals surface area (Å²) < 4.78 is 7.29. The minimum Gasteiger partial charge on any atom is -0.464 e. The van der Waals surface area contributed by atoms with Crippen LogP contribution in [0.4, 0.5) is 0 Å². The van der Waals surface area contributed by atoms with Gasteiger partial charge in [0.05, 0.1) is 6.61 Å². The number of aryl methyl sites for hydroxylation is 2. The first-order valence-corrected chi connectivity index (χ1v) is 7.97. The summed E-state index contributed by atoms with van der Waals surface area (Å²) in [6.07, 6.45) is 3.72. The Morgan fingerprint density at radius 2 is 1.91 bits per heavy atom. The molecular formula is C20H21NO2. The van der Waals surface area contributed by atoms with Crippen molar-refractivity contribution >= 4 is 16.9 Å². The first kappa shape index (κ1) is 15.3. The van der Waals surface area contributed by atoms with Gasteiger partial charge in [0.15, 0.2) is 0 Å². The number of ether oxygens (including phenoxy) is 1. The normalized spacial score (nSPS) is 10.8. The average Bonchev–Trinajstić information content (AvgIpc) is 2.94. The predicted octanol–water partition coefficient (Wildman–Crippen LogP) is 4.13. The highest BCUT2D eigenvalue weighted by molar-refractivity contribution is 5.82. The van der Waals surface area contributed by atoms with Gasteiger partial charge in [-0.1, -0.05) is 42.0 Å². The molecule has 3 rings (SSSR count). The predicted molar refractivity (Wildman–Crippen MR) is 92.4 cm³/mol. The molecule has 118 valence electrons. The van der Waals surface area contributed by atoms with E-state index in [0.717, 1.165) is 23.7 Å². The van der Waals surface area contributed by atoms with Crippen molar-refractivity contribution in [3.05, 3.63) is 71.9 Å². The Bertz CT molecular complexity index is 790. The molecule has 0 radical (unpaired) electrons. The van der Waals surface area contributed by atoms with Crippen molar-refractivity contribution in [3.8, 4) is 0 Å². The van der Waals surface area contributed by atoms with Crippen LogP contribution in [0.1, 0.15) is 17.5 Å². The summed E-state index contributed by atoms with van der Waals surface area (Å²) in [5.41, 5.74) is 3.56. The second-order valence-corrected chi connectivity index (χ2v) is 5.82. The van der Waals surface area contributed by atoms with Crippen molar-refractivity contribution in [1.82, 2.24) is 4.57 Å². The van der Waals surface area contributed by atoms with Crippen LogP contribution in [0.3, 0.4) is 0 Å². The van der Waals surface area contributed by atoms with E-state index in [1.807, 2.05) is 41.1 Å². The van der Waals surface area contributed by atoms with Crippen molar-refractivity contribution < 1.29 is 9.53 Å². The van der Waals surface area contributed by atoms with Crippen LogP contribution in [0.5, 0.6) is 0 Å². The van der Waals surface area contributed by atoms with E-state index in [1.165, 1.54) is 11.1 Å².